The Morgan fingerprint density at radius 2 is 2.03 bits per heavy atom. The molecule has 12 heteroatoms. The number of ether oxygens (including phenoxy) is 1. The van der Waals surface area contributed by atoms with Gasteiger partial charge in [0.1, 0.15) is 16.7 Å². The Bertz CT molecular complexity index is 1270. The number of aliphatic hydroxyl groups is 1. The van der Waals surface area contributed by atoms with Gasteiger partial charge in [-0.15, -0.1) is 0 Å². The number of fused-ring (bicyclic) bond motifs is 1. The number of sulfonamides is 1. The van der Waals surface area contributed by atoms with E-state index in [9.17, 15) is 23.1 Å². The van der Waals surface area contributed by atoms with Crippen molar-refractivity contribution in [2.24, 2.45) is 11.8 Å². The van der Waals surface area contributed by atoms with Crippen LogP contribution in [-0.4, -0.2) is 78.6 Å². The number of aliphatic hydroxyl groups excluding tert-OH is 1. The van der Waals surface area contributed by atoms with Crippen LogP contribution in [0.5, 0.6) is 5.75 Å². The lowest BCUT2D eigenvalue weighted by Crippen LogP contribution is -2.50. The van der Waals surface area contributed by atoms with E-state index in [1.54, 1.807) is 43.9 Å². The molecule has 0 bridgehead atoms. The van der Waals surface area contributed by atoms with Crippen LogP contribution >= 0.6 is 0 Å². The van der Waals surface area contributed by atoms with Gasteiger partial charge in [0, 0.05) is 25.4 Å². The number of likely N-dealkylation sites (N-methyl/N-ethyl adjacent to an activating group) is 1. The summed E-state index contributed by atoms with van der Waals surface area (Å²) < 4.78 is 39.4. The normalized spacial score (nSPS) is 21.2. The first-order chi connectivity index (χ1) is 17.4. The number of aromatic nitrogens is 1. The van der Waals surface area contributed by atoms with E-state index in [4.69, 9.17) is 9.26 Å². The van der Waals surface area contributed by atoms with Gasteiger partial charge >= 0.3 is 0 Å². The van der Waals surface area contributed by atoms with Crippen LogP contribution in [0.3, 0.4) is 0 Å². The maximum Gasteiger partial charge on any atom is 0.258 e. The molecule has 37 heavy (non-hydrogen) atoms. The summed E-state index contributed by atoms with van der Waals surface area (Å²) in [6.07, 6.45) is 0.943. The van der Waals surface area contributed by atoms with Crippen molar-refractivity contribution in [3.05, 3.63) is 35.2 Å². The summed E-state index contributed by atoms with van der Waals surface area (Å²) in [6, 6.07) is 4.46. The van der Waals surface area contributed by atoms with Gasteiger partial charge in [0.05, 0.1) is 30.4 Å². The molecule has 2 N–H and O–H groups in total. The summed E-state index contributed by atoms with van der Waals surface area (Å²) in [6.45, 7) is 6.68. The SMILES string of the molecule is Cc1noc(C)c1S(=O)(=O)N(C)C[C@H]1Oc2c(NC(=O)C3CC3)cccc2C(=O)N([C@@H](C)CO)C[C@H]1C. The Kier molecular flexibility index (Phi) is 7.63. The molecule has 2 aliphatic rings. The third-order valence-corrected chi connectivity index (χ3v) is 9.04. The van der Waals surface area contributed by atoms with Crippen molar-refractivity contribution in [1.82, 2.24) is 14.4 Å². The van der Waals surface area contributed by atoms with Gasteiger partial charge in [0.15, 0.2) is 11.5 Å². The third-order valence-electron chi connectivity index (χ3n) is 6.97. The van der Waals surface area contributed by atoms with Crippen molar-refractivity contribution >= 4 is 27.5 Å². The molecule has 0 spiro atoms. The monoisotopic (exact) mass is 534 g/mol. The molecule has 1 fully saturated rings. The third kappa shape index (κ3) is 5.36. The molecule has 3 atom stereocenters. The molecule has 0 radical (unpaired) electrons. The van der Waals surface area contributed by atoms with E-state index in [1.807, 2.05) is 6.92 Å². The van der Waals surface area contributed by atoms with Crippen molar-refractivity contribution in [2.45, 2.75) is 57.6 Å². The molecule has 202 valence electrons. The smallest absolute Gasteiger partial charge is 0.258 e. The lowest BCUT2D eigenvalue weighted by molar-refractivity contribution is -0.117. The Morgan fingerprint density at radius 3 is 2.62 bits per heavy atom. The Hall–Kier alpha value is -2.96. The fraction of sp³-hybridized carbons (Fsp3) is 0.560. The fourth-order valence-corrected chi connectivity index (χ4v) is 5.96. The van der Waals surface area contributed by atoms with Crippen LogP contribution in [0.4, 0.5) is 5.69 Å². The van der Waals surface area contributed by atoms with Gasteiger partial charge in [-0.05, 0) is 45.7 Å². The topological polar surface area (TPSA) is 142 Å². The van der Waals surface area contributed by atoms with E-state index < -0.39 is 22.2 Å². The first kappa shape index (κ1) is 27.1. The summed E-state index contributed by atoms with van der Waals surface area (Å²) in [5.74, 6) is -0.472. The molecule has 0 unspecified atom stereocenters. The van der Waals surface area contributed by atoms with Gasteiger partial charge in [-0.2, -0.15) is 4.31 Å². The molecule has 1 aliphatic heterocycles. The van der Waals surface area contributed by atoms with Gasteiger partial charge in [-0.1, -0.05) is 18.1 Å². The van der Waals surface area contributed by atoms with Gasteiger partial charge in [-0.25, -0.2) is 8.42 Å². The number of rotatable bonds is 8. The number of hydrogen-bond acceptors (Lipinski definition) is 8. The predicted molar refractivity (Wildman–Crippen MR) is 135 cm³/mol. The van der Waals surface area contributed by atoms with Crippen LogP contribution < -0.4 is 10.1 Å². The zero-order valence-electron chi connectivity index (χ0n) is 21.7. The average molecular weight is 535 g/mol. The van der Waals surface area contributed by atoms with Gasteiger partial charge in [0.25, 0.3) is 5.91 Å². The van der Waals surface area contributed by atoms with Crippen molar-refractivity contribution in [1.29, 1.82) is 0 Å². The summed E-state index contributed by atoms with van der Waals surface area (Å²) in [5, 5.41) is 16.5. The van der Waals surface area contributed by atoms with E-state index >= 15 is 0 Å². The number of para-hydroxylation sites is 1. The van der Waals surface area contributed by atoms with Crippen LogP contribution in [0.1, 0.15) is 48.5 Å². The van der Waals surface area contributed by atoms with E-state index in [2.05, 4.69) is 10.5 Å². The maximum atomic E-state index is 13.5. The second kappa shape index (κ2) is 10.4. The second-order valence-corrected chi connectivity index (χ2v) is 12.0. The number of amides is 2. The largest absolute Gasteiger partial charge is 0.486 e. The summed E-state index contributed by atoms with van der Waals surface area (Å²) in [5.41, 5.74) is 0.858. The van der Waals surface area contributed by atoms with E-state index in [0.717, 1.165) is 12.8 Å². The molecule has 2 aromatic rings. The predicted octanol–water partition coefficient (Wildman–Crippen LogP) is 2.18. The maximum absolute atomic E-state index is 13.5. The summed E-state index contributed by atoms with van der Waals surface area (Å²) in [7, 11) is -2.49. The van der Waals surface area contributed by atoms with Gasteiger partial charge in [-0.3, -0.25) is 9.59 Å². The van der Waals surface area contributed by atoms with Gasteiger partial charge < -0.3 is 24.6 Å². The minimum Gasteiger partial charge on any atom is -0.486 e. The van der Waals surface area contributed by atoms with Crippen LogP contribution in [-0.2, 0) is 14.8 Å². The number of benzene rings is 1. The molecule has 1 saturated carbocycles. The second-order valence-electron chi connectivity index (χ2n) is 10.0. The van der Waals surface area contributed by atoms with Crippen LogP contribution in [0.2, 0.25) is 0 Å². The molecular formula is C25H34N4O7S. The number of nitrogens with one attached hydrogen (secondary N) is 1. The molecule has 1 aliphatic carbocycles. The van der Waals surface area contributed by atoms with Gasteiger partial charge in [0.2, 0.25) is 15.9 Å². The highest BCUT2D eigenvalue weighted by atomic mass is 32.2. The van der Waals surface area contributed by atoms with E-state index in [0.29, 0.717) is 5.69 Å². The average Bonchev–Trinajstić information content (AvgIpc) is 3.65. The lowest BCUT2D eigenvalue weighted by Gasteiger charge is -2.38. The van der Waals surface area contributed by atoms with E-state index in [-0.39, 0.29) is 71.0 Å². The first-order valence-corrected chi connectivity index (χ1v) is 13.8. The van der Waals surface area contributed by atoms with Crippen molar-refractivity contribution in [3.63, 3.8) is 0 Å². The Morgan fingerprint density at radius 1 is 1.32 bits per heavy atom. The number of hydrogen-bond donors (Lipinski definition) is 2. The minimum atomic E-state index is -3.95. The fourth-order valence-electron chi connectivity index (χ4n) is 4.49. The number of nitrogens with zero attached hydrogens (tertiary/aromatic N) is 3. The molecule has 0 saturated heterocycles. The number of carbonyl (C=O) groups excluding carboxylic acids is 2. The Labute approximate surface area is 216 Å². The molecule has 11 nitrogen and oxygen atoms in total. The number of aryl methyl sites for hydroxylation is 2. The first-order valence-electron chi connectivity index (χ1n) is 12.4. The molecule has 2 heterocycles. The Balaban J connectivity index is 1.72. The zero-order valence-corrected chi connectivity index (χ0v) is 22.5. The van der Waals surface area contributed by atoms with Crippen molar-refractivity contribution in [2.75, 3.05) is 32.1 Å². The highest BCUT2D eigenvalue weighted by molar-refractivity contribution is 7.89. The van der Waals surface area contributed by atoms with Crippen molar-refractivity contribution in [3.8, 4) is 5.75 Å². The van der Waals surface area contributed by atoms with Crippen LogP contribution in [0.25, 0.3) is 0 Å². The molecule has 1 aromatic carbocycles. The standard InChI is InChI=1S/C25H34N4O7S/c1-14-11-29(15(2)13-30)25(32)19-7-6-8-20(26-24(31)18-9-10-18)22(19)35-21(14)12-28(5)37(33,34)23-16(3)27-36-17(23)4/h6-8,14-15,18,21,30H,9-13H2,1-5H3,(H,26,31)/t14-,15+,21-/m1/s1. The number of carbonyl (C=O) groups is 2. The van der Waals surface area contributed by atoms with E-state index in [1.165, 1.54) is 11.4 Å². The molecular weight excluding hydrogens is 500 g/mol. The lowest BCUT2D eigenvalue weighted by atomic mass is 9.99. The molecule has 2 amide bonds. The number of anilines is 1. The summed E-state index contributed by atoms with van der Waals surface area (Å²) in [4.78, 5) is 27.7. The van der Waals surface area contributed by atoms with Crippen LogP contribution in [0.15, 0.2) is 27.6 Å². The minimum absolute atomic E-state index is 0.0111. The van der Waals surface area contributed by atoms with Crippen molar-refractivity contribution < 1.29 is 32.4 Å². The zero-order chi connectivity index (χ0) is 27.1. The quantitative estimate of drug-likeness (QED) is 0.525. The molecule has 4 rings (SSSR count). The highest BCUT2D eigenvalue weighted by Crippen LogP contribution is 2.37. The summed E-state index contributed by atoms with van der Waals surface area (Å²) >= 11 is 0. The highest BCUT2D eigenvalue weighted by Gasteiger charge is 2.38. The molecule has 1 aromatic heterocycles. The van der Waals surface area contributed by atoms with Crippen LogP contribution in [0, 0.1) is 25.7 Å².